The predicted octanol–water partition coefficient (Wildman–Crippen LogP) is 4.60. The maximum Gasteiger partial charge on any atom is 0.389 e. The van der Waals surface area contributed by atoms with Crippen LogP contribution < -0.4 is 4.74 Å². The summed E-state index contributed by atoms with van der Waals surface area (Å²) in [6, 6.07) is 1.51. The van der Waals surface area contributed by atoms with Crippen molar-refractivity contribution in [2.24, 2.45) is 5.41 Å². The van der Waals surface area contributed by atoms with Crippen LogP contribution >= 0.6 is 0 Å². The third-order valence-electron chi connectivity index (χ3n) is 7.10. The number of fused-ring (bicyclic) bond motifs is 4. The molecule has 0 unspecified atom stereocenters. The molecule has 2 aromatic heterocycles. The maximum absolute atomic E-state index is 13.8. The van der Waals surface area contributed by atoms with E-state index in [-0.39, 0.29) is 30.9 Å². The largest absolute Gasteiger partial charge is 0.487 e. The summed E-state index contributed by atoms with van der Waals surface area (Å²) in [5.41, 5.74) is 0.694. The number of likely N-dealkylation sites (tertiary alicyclic amines) is 1. The van der Waals surface area contributed by atoms with E-state index in [1.165, 1.54) is 0 Å². The summed E-state index contributed by atoms with van der Waals surface area (Å²) >= 11 is 0. The van der Waals surface area contributed by atoms with Gasteiger partial charge in [0.15, 0.2) is 0 Å². The van der Waals surface area contributed by atoms with Gasteiger partial charge in [0.2, 0.25) is 11.7 Å². The highest BCUT2D eigenvalue weighted by molar-refractivity contribution is 5.84. The molecule has 34 heavy (non-hydrogen) atoms. The van der Waals surface area contributed by atoms with E-state index in [1.54, 1.807) is 30.9 Å². The van der Waals surface area contributed by atoms with Gasteiger partial charge in [-0.25, -0.2) is 9.97 Å². The quantitative estimate of drug-likeness (QED) is 0.611. The van der Waals surface area contributed by atoms with E-state index in [0.717, 1.165) is 18.4 Å². The molecule has 2 atom stereocenters. The van der Waals surface area contributed by atoms with Crippen molar-refractivity contribution in [2.45, 2.75) is 69.7 Å². The average molecular weight is 470 g/mol. The highest BCUT2D eigenvalue weighted by Gasteiger charge is 2.50. The van der Waals surface area contributed by atoms with Crippen LogP contribution in [0.15, 0.2) is 30.9 Å². The summed E-state index contributed by atoms with van der Waals surface area (Å²) in [5.74, 6) is 6.92. The van der Waals surface area contributed by atoms with Crippen molar-refractivity contribution in [3.63, 3.8) is 0 Å². The summed E-state index contributed by atoms with van der Waals surface area (Å²) in [7, 11) is 0. The van der Waals surface area contributed by atoms with E-state index in [2.05, 4.69) is 26.8 Å². The molecule has 1 amide bonds. The Morgan fingerprint density at radius 2 is 1.94 bits per heavy atom. The summed E-state index contributed by atoms with van der Waals surface area (Å²) in [6.45, 7) is 0.424. The number of halogens is 3. The van der Waals surface area contributed by atoms with Crippen LogP contribution in [0.4, 0.5) is 13.2 Å². The van der Waals surface area contributed by atoms with Crippen LogP contribution in [-0.4, -0.2) is 44.6 Å². The SMILES string of the molecule is O=C(N1C[C@@H]2C[C@H]1c1cncc(C#Cc3ncccn3)c1O2)C1(CCCC(F)(F)F)CCCC1. The molecule has 2 fully saturated rings. The Kier molecular flexibility index (Phi) is 5.92. The number of carbonyl (C=O) groups is 1. The number of ether oxygens (including phenoxy) is 1. The normalized spacial score (nSPS) is 22.5. The van der Waals surface area contributed by atoms with Gasteiger partial charge in [-0.15, -0.1) is 0 Å². The molecule has 5 rings (SSSR count). The lowest BCUT2D eigenvalue weighted by atomic mass is 9.79. The summed E-state index contributed by atoms with van der Waals surface area (Å²) in [6.07, 6.45) is 5.27. The second-order valence-corrected chi connectivity index (χ2v) is 9.33. The molecule has 4 heterocycles. The molecule has 1 saturated heterocycles. The Labute approximate surface area is 195 Å². The lowest BCUT2D eigenvalue weighted by Gasteiger charge is -2.35. The van der Waals surface area contributed by atoms with Crippen LogP contribution in [0, 0.1) is 17.3 Å². The molecule has 2 bridgehead atoms. The zero-order valence-corrected chi connectivity index (χ0v) is 18.6. The smallest absolute Gasteiger partial charge is 0.389 e. The fourth-order valence-electron chi connectivity index (χ4n) is 5.53. The van der Waals surface area contributed by atoms with Gasteiger partial charge in [-0.05, 0) is 37.7 Å². The first-order valence-electron chi connectivity index (χ1n) is 11.7. The van der Waals surface area contributed by atoms with Gasteiger partial charge < -0.3 is 9.64 Å². The minimum atomic E-state index is -4.20. The number of rotatable bonds is 4. The topological polar surface area (TPSA) is 68.2 Å². The van der Waals surface area contributed by atoms with E-state index in [0.29, 0.717) is 42.9 Å². The number of aromatic nitrogens is 3. The van der Waals surface area contributed by atoms with Crippen LogP contribution in [0.3, 0.4) is 0 Å². The number of nitrogens with zero attached hydrogens (tertiary/aromatic N) is 4. The first-order chi connectivity index (χ1) is 16.3. The minimum Gasteiger partial charge on any atom is -0.487 e. The average Bonchev–Trinajstić information content (AvgIpc) is 3.43. The van der Waals surface area contributed by atoms with Crippen molar-refractivity contribution in [1.29, 1.82) is 0 Å². The van der Waals surface area contributed by atoms with Crippen molar-refractivity contribution < 1.29 is 22.7 Å². The Bertz CT molecular complexity index is 1120. The zero-order valence-electron chi connectivity index (χ0n) is 18.6. The third-order valence-corrected chi connectivity index (χ3v) is 7.10. The molecule has 0 radical (unpaired) electrons. The number of hydrogen-bond acceptors (Lipinski definition) is 5. The van der Waals surface area contributed by atoms with Gasteiger partial charge in [0.25, 0.3) is 0 Å². The third kappa shape index (κ3) is 4.46. The van der Waals surface area contributed by atoms with Crippen molar-refractivity contribution in [1.82, 2.24) is 19.9 Å². The van der Waals surface area contributed by atoms with Crippen molar-refractivity contribution >= 4 is 5.91 Å². The second kappa shape index (κ2) is 8.90. The fraction of sp³-hybridized carbons (Fsp3) is 0.520. The van der Waals surface area contributed by atoms with Crippen LogP contribution in [0.5, 0.6) is 5.75 Å². The molecule has 0 aromatic carbocycles. The van der Waals surface area contributed by atoms with Crippen LogP contribution in [0.2, 0.25) is 0 Å². The van der Waals surface area contributed by atoms with Crippen molar-refractivity contribution in [2.75, 3.05) is 6.54 Å². The van der Waals surface area contributed by atoms with E-state index in [9.17, 15) is 18.0 Å². The van der Waals surface area contributed by atoms with Gasteiger partial charge >= 0.3 is 6.18 Å². The predicted molar refractivity (Wildman–Crippen MR) is 117 cm³/mol. The Morgan fingerprint density at radius 3 is 2.68 bits per heavy atom. The number of pyridine rings is 1. The molecule has 178 valence electrons. The highest BCUT2D eigenvalue weighted by Crippen LogP contribution is 2.50. The molecule has 1 aliphatic carbocycles. The van der Waals surface area contributed by atoms with Crippen LogP contribution in [-0.2, 0) is 4.79 Å². The molecular formula is C25H25F3N4O2. The van der Waals surface area contributed by atoms with Crippen LogP contribution in [0.25, 0.3) is 0 Å². The zero-order chi connectivity index (χ0) is 23.8. The van der Waals surface area contributed by atoms with Crippen molar-refractivity contribution in [3.05, 3.63) is 47.8 Å². The highest BCUT2D eigenvalue weighted by atomic mass is 19.4. The molecule has 0 spiro atoms. The van der Waals surface area contributed by atoms with E-state index in [4.69, 9.17) is 4.74 Å². The number of hydrogen-bond donors (Lipinski definition) is 0. The van der Waals surface area contributed by atoms with E-state index >= 15 is 0 Å². The van der Waals surface area contributed by atoms with Gasteiger partial charge in [0, 0.05) is 48.6 Å². The molecule has 9 heteroatoms. The Balaban J connectivity index is 1.39. The molecule has 2 aromatic rings. The molecule has 6 nitrogen and oxygen atoms in total. The van der Waals surface area contributed by atoms with Crippen LogP contribution in [0.1, 0.15) is 74.4 Å². The standard InChI is InChI=1S/C25H25F3N4O2/c26-25(27,28)10-3-9-24(7-1-2-8-24)23(33)32-16-18-13-20(32)19-15-29-14-17(22(19)34-18)5-6-21-30-11-4-12-31-21/h4,11-12,14-15,18,20H,1-3,7-10,13,16H2/t18-,20-/m0/s1. The molecule has 2 aliphatic heterocycles. The molecule has 1 saturated carbocycles. The Hall–Kier alpha value is -3.15. The van der Waals surface area contributed by atoms with Gasteiger partial charge in [0.05, 0.1) is 18.2 Å². The second-order valence-electron chi connectivity index (χ2n) is 9.33. The first kappa shape index (κ1) is 22.6. The lowest BCUT2D eigenvalue weighted by molar-refractivity contribution is -0.147. The van der Waals surface area contributed by atoms with Gasteiger partial charge in [0.1, 0.15) is 11.9 Å². The first-order valence-corrected chi connectivity index (χ1v) is 11.7. The number of carbonyl (C=O) groups excluding carboxylic acids is 1. The summed E-state index contributed by atoms with van der Waals surface area (Å²) in [4.78, 5) is 28.2. The molecular weight excluding hydrogens is 445 g/mol. The molecule has 3 aliphatic rings. The van der Waals surface area contributed by atoms with Gasteiger partial charge in [-0.3, -0.25) is 9.78 Å². The number of alkyl halides is 3. The van der Waals surface area contributed by atoms with Gasteiger partial charge in [-0.1, -0.05) is 18.8 Å². The maximum atomic E-state index is 13.8. The minimum absolute atomic E-state index is 0.0207. The Morgan fingerprint density at radius 1 is 1.18 bits per heavy atom. The lowest BCUT2D eigenvalue weighted by Crippen LogP contribution is -2.42. The van der Waals surface area contributed by atoms with Gasteiger partial charge in [-0.2, -0.15) is 13.2 Å². The fourth-order valence-corrected chi connectivity index (χ4v) is 5.53. The summed E-state index contributed by atoms with van der Waals surface area (Å²) < 4.78 is 44.5. The van der Waals surface area contributed by atoms with E-state index in [1.807, 2.05) is 4.90 Å². The van der Waals surface area contributed by atoms with E-state index < -0.39 is 18.0 Å². The van der Waals surface area contributed by atoms with Crippen molar-refractivity contribution in [3.8, 4) is 17.6 Å². The summed E-state index contributed by atoms with van der Waals surface area (Å²) in [5, 5.41) is 0. The molecule has 0 N–H and O–H groups in total. The number of amides is 1. The monoisotopic (exact) mass is 470 g/mol.